The predicted octanol–water partition coefficient (Wildman–Crippen LogP) is 2.82. The molecule has 2 nitrogen and oxygen atoms in total. The highest BCUT2D eigenvalue weighted by molar-refractivity contribution is 7.97. The molecule has 0 aliphatic rings. The van der Waals surface area contributed by atoms with E-state index < -0.39 is 10.9 Å². The summed E-state index contributed by atoms with van der Waals surface area (Å²) in [5.41, 5.74) is 0.782. The predicted molar refractivity (Wildman–Crippen MR) is 60.7 cm³/mol. The third-order valence-electron chi connectivity index (χ3n) is 1.91. The topological polar surface area (TPSA) is 26.3 Å². The van der Waals surface area contributed by atoms with Gasteiger partial charge in [-0.3, -0.25) is 4.79 Å². The minimum Gasteiger partial charge on any atom is -0.489 e. The lowest BCUT2D eigenvalue weighted by Gasteiger charge is -2.10. The molecule has 0 saturated heterocycles. The normalized spacial score (nSPS) is 10.1. The molecule has 5 heteroatoms. The van der Waals surface area contributed by atoms with Gasteiger partial charge < -0.3 is 4.74 Å². The molecular weight excluding hydrogens is 239 g/mol. The summed E-state index contributed by atoms with van der Waals surface area (Å²) in [6.07, 6.45) is 0. The number of carbonyl (C=O) groups is 1. The van der Waals surface area contributed by atoms with Crippen molar-refractivity contribution in [1.82, 2.24) is 0 Å². The first-order valence-corrected chi connectivity index (χ1v) is 5.27. The van der Waals surface area contributed by atoms with E-state index in [1.54, 1.807) is 6.92 Å². The second-order valence-electron chi connectivity index (χ2n) is 2.89. The van der Waals surface area contributed by atoms with Crippen LogP contribution in [0.3, 0.4) is 0 Å². The number of halogens is 2. The lowest BCUT2D eigenvalue weighted by atomic mass is 10.1. The van der Waals surface area contributed by atoms with E-state index in [-0.39, 0.29) is 18.2 Å². The van der Waals surface area contributed by atoms with Gasteiger partial charge in [0.1, 0.15) is 6.61 Å². The Labute approximate surface area is 97.8 Å². The van der Waals surface area contributed by atoms with Crippen LogP contribution in [-0.2, 0) is 0 Å². The molecule has 0 N–H and O–H groups in total. The number of hydrogen-bond donors (Lipinski definition) is 1. The van der Waals surface area contributed by atoms with Gasteiger partial charge in [-0.05, 0) is 19.1 Å². The largest absolute Gasteiger partial charge is 0.489 e. The lowest BCUT2D eigenvalue weighted by molar-refractivity contribution is 0.109. The Morgan fingerprint density at radius 1 is 1.60 bits per heavy atom. The average Bonchev–Trinajstić information content (AvgIpc) is 2.17. The fraction of sp³-hybridized carbons (Fsp3) is 0.300. The Hall–Kier alpha value is -0.740. The van der Waals surface area contributed by atoms with Crippen molar-refractivity contribution in [1.29, 1.82) is 0 Å². The summed E-state index contributed by atoms with van der Waals surface area (Å²) in [4.78, 5) is 11.1. The first-order valence-electron chi connectivity index (χ1n) is 4.29. The smallest absolute Gasteiger partial charge is 0.216 e. The molecule has 1 rings (SSSR count). The number of benzene rings is 1. The molecule has 0 radical (unpaired) electrons. The standard InChI is InChI=1S/C10H10ClFO2S/c1-6-7(10(13)15)2-3-8(12)9(6)14-5-4-11/h2-3H,4-5H2,1H3,(H,13,15). The minimum absolute atomic E-state index is 0.0653. The SMILES string of the molecule is Cc1c(C(=O)S)ccc(F)c1OCCCl. The fourth-order valence-corrected chi connectivity index (χ4v) is 1.53. The van der Waals surface area contributed by atoms with Crippen molar-refractivity contribution >= 4 is 29.3 Å². The molecule has 82 valence electrons. The van der Waals surface area contributed by atoms with Crippen LogP contribution in [0.15, 0.2) is 12.1 Å². The highest BCUT2D eigenvalue weighted by Crippen LogP contribution is 2.26. The van der Waals surface area contributed by atoms with Crippen molar-refractivity contribution < 1.29 is 13.9 Å². The summed E-state index contributed by atoms with van der Waals surface area (Å²) >= 11 is 9.12. The monoisotopic (exact) mass is 248 g/mol. The maximum absolute atomic E-state index is 13.3. The van der Waals surface area contributed by atoms with Gasteiger partial charge in [0, 0.05) is 11.1 Å². The summed E-state index contributed by atoms with van der Waals surface area (Å²) in [5.74, 6) is -0.177. The van der Waals surface area contributed by atoms with E-state index in [4.69, 9.17) is 16.3 Å². The summed E-state index contributed by atoms with van der Waals surface area (Å²) in [6, 6.07) is 2.56. The van der Waals surface area contributed by atoms with Gasteiger partial charge in [-0.25, -0.2) is 4.39 Å². The Kier molecular flexibility index (Phi) is 4.42. The second kappa shape index (κ2) is 5.37. The zero-order chi connectivity index (χ0) is 11.4. The maximum atomic E-state index is 13.3. The van der Waals surface area contributed by atoms with E-state index in [9.17, 15) is 9.18 Å². The Balaban J connectivity index is 3.12. The molecule has 0 aliphatic heterocycles. The molecule has 0 saturated carbocycles. The summed E-state index contributed by atoms with van der Waals surface area (Å²) in [5, 5.41) is -0.414. The average molecular weight is 249 g/mol. The molecule has 1 aromatic rings. The highest BCUT2D eigenvalue weighted by atomic mass is 35.5. The molecule has 0 spiro atoms. The van der Waals surface area contributed by atoms with Crippen LogP contribution in [0.2, 0.25) is 0 Å². The number of carbonyl (C=O) groups excluding carboxylic acids is 1. The molecular formula is C10H10ClFO2S. The second-order valence-corrected chi connectivity index (χ2v) is 3.68. The minimum atomic E-state index is -0.504. The molecule has 0 bridgehead atoms. The summed E-state index contributed by atoms with van der Waals surface area (Å²) in [6.45, 7) is 1.81. The van der Waals surface area contributed by atoms with Crippen molar-refractivity contribution in [2.75, 3.05) is 12.5 Å². The highest BCUT2D eigenvalue weighted by Gasteiger charge is 2.14. The van der Waals surface area contributed by atoms with Crippen LogP contribution in [0.5, 0.6) is 5.75 Å². The molecule has 1 aromatic carbocycles. The molecule has 0 aromatic heterocycles. The molecule has 0 unspecified atom stereocenters. The fourth-order valence-electron chi connectivity index (χ4n) is 1.21. The van der Waals surface area contributed by atoms with Crippen LogP contribution >= 0.6 is 24.2 Å². The Morgan fingerprint density at radius 2 is 2.27 bits per heavy atom. The summed E-state index contributed by atoms with van der Waals surface area (Å²) in [7, 11) is 0. The molecule has 0 amide bonds. The summed E-state index contributed by atoms with van der Waals surface area (Å²) < 4.78 is 18.4. The first-order chi connectivity index (χ1) is 7.07. The Bertz CT molecular complexity index is 382. The van der Waals surface area contributed by atoms with Gasteiger partial charge in [-0.1, -0.05) is 0 Å². The van der Waals surface area contributed by atoms with E-state index in [1.165, 1.54) is 12.1 Å². The lowest BCUT2D eigenvalue weighted by Crippen LogP contribution is -2.05. The zero-order valence-corrected chi connectivity index (χ0v) is 9.74. The number of thiol groups is 1. The van der Waals surface area contributed by atoms with E-state index in [1.807, 2.05) is 0 Å². The third-order valence-corrected chi connectivity index (χ3v) is 2.31. The quantitative estimate of drug-likeness (QED) is 0.655. The van der Waals surface area contributed by atoms with Crippen molar-refractivity contribution in [2.45, 2.75) is 6.92 Å². The number of rotatable bonds is 4. The first kappa shape index (κ1) is 12.3. The van der Waals surface area contributed by atoms with Gasteiger partial charge in [0.2, 0.25) is 5.12 Å². The number of alkyl halides is 1. The van der Waals surface area contributed by atoms with Crippen molar-refractivity contribution in [3.05, 3.63) is 29.1 Å². The van der Waals surface area contributed by atoms with Crippen LogP contribution < -0.4 is 4.74 Å². The third kappa shape index (κ3) is 2.86. The van der Waals surface area contributed by atoms with Crippen LogP contribution in [0.25, 0.3) is 0 Å². The van der Waals surface area contributed by atoms with Crippen molar-refractivity contribution in [3.8, 4) is 5.75 Å². The van der Waals surface area contributed by atoms with E-state index in [0.717, 1.165) is 0 Å². The van der Waals surface area contributed by atoms with Gasteiger partial charge in [0.15, 0.2) is 11.6 Å². The van der Waals surface area contributed by atoms with Crippen LogP contribution in [0, 0.1) is 12.7 Å². The van der Waals surface area contributed by atoms with E-state index in [2.05, 4.69) is 12.6 Å². The Morgan fingerprint density at radius 3 is 2.80 bits per heavy atom. The van der Waals surface area contributed by atoms with Gasteiger partial charge in [-0.2, -0.15) is 0 Å². The molecule has 15 heavy (non-hydrogen) atoms. The van der Waals surface area contributed by atoms with Crippen molar-refractivity contribution in [2.24, 2.45) is 0 Å². The molecule has 0 atom stereocenters. The van der Waals surface area contributed by atoms with Gasteiger partial charge >= 0.3 is 0 Å². The van der Waals surface area contributed by atoms with Gasteiger partial charge in [0.25, 0.3) is 0 Å². The number of ether oxygens (including phenoxy) is 1. The number of hydrogen-bond acceptors (Lipinski definition) is 2. The molecule has 0 heterocycles. The van der Waals surface area contributed by atoms with Crippen LogP contribution in [0.1, 0.15) is 15.9 Å². The van der Waals surface area contributed by atoms with Gasteiger partial charge in [0.05, 0.1) is 5.88 Å². The molecule has 0 fully saturated rings. The van der Waals surface area contributed by atoms with Crippen LogP contribution in [0.4, 0.5) is 4.39 Å². The van der Waals surface area contributed by atoms with Crippen molar-refractivity contribution in [3.63, 3.8) is 0 Å². The zero-order valence-electron chi connectivity index (χ0n) is 8.09. The van der Waals surface area contributed by atoms with Crippen LogP contribution in [-0.4, -0.2) is 17.6 Å². The van der Waals surface area contributed by atoms with E-state index in [0.29, 0.717) is 11.1 Å². The van der Waals surface area contributed by atoms with E-state index >= 15 is 0 Å². The maximum Gasteiger partial charge on any atom is 0.216 e. The molecule has 0 aliphatic carbocycles. The van der Waals surface area contributed by atoms with Gasteiger partial charge in [-0.15, -0.1) is 24.2 Å².